The summed E-state index contributed by atoms with van der Waals surface area (Å²) >= 11 is 0. The van der Waals surface area contributed by atoms with Crippen LogP contribution < -0.4 is 0 Å². The van der Waals surface area contributed by atoms with Crippen LogP contribution in [-0.2, 0) is 0 Å². The van der Waals surface area contributed by atoms with Crippen molar-refractivity contribution in [2.24, 2.45) is 0 Å². The Morgan fingerprint density at radius 3 is 2.53 bits per heavy atom. The van der Waals surface area contributed by atoms with E-state index in [1.165, 1.54) is 12.1 Å². The van der Waals surface area contributed by atoms with Crippen molar-refractivity contribution in [2.45, 2.75) is 6.92 Å². The van der Waals surface area contributed by atoms with E-state index in [1.807, 2.05) is 13.0 Å². The zero-order valence-corrected chi connectivity index (χ0v) is 8.19. The number of rotatable bonds is 1. The monoisotopic (exact) mass is 202 g/mol. The van der Waals surface area contributed by atoms with Crippen molar-refractivity contribution in [2.75, 3.05) is 0 Å². The van der Waals surface area contributed by atoms with Gasteiger partial charge in [-0.05, 0) is 19.1 Å². The number of fused-ring (bicyclic) bond motifs is 1. The molecule has 76 valence electrons. The predicted octanol–water partition coefficient (Wildman–Crippen LogP) is 2.55. The molecule has 3 heteroatoms. The summed E-state index contributed by atoms with van der Waals surface area (Å²) in [6.45, 7) is 1.88. The van der Waals surface area contributed by atoms with Crippen LogP contribution in [0.15, 0.2) is 30.3 Å². The van der Waals surface area contributed by atoms with Gasteiger partial charge in [0.25, 0.3) is 0 Å². The van der Waals surface area contributed by atoms with Crippen LogP contribution in [0.2, 0.25) is 0 Å². The van der Waals surface area contributed by atoms with Gasteiger partial charge in [-0.2, -0.15) is 0 Å². The van der Waals surface area contributed by atoms with Gasteiger partial charge in [-0.1, -0.05) is 23.8 Å². The summed E-state index contributed by atoms with van der Waals surface area (Å²) < 4.78 is 0. The first-order chi connectivity index (χ1) is 7.09. The van der Waals surface area contributed by atoms with Gasteiger partial charge >= 0.3 is 5.97 Å². The zero-order chi connectivity index (χ0) is 11.0. The van der Waals surface area contributed by atoms with E-state index in [0.29, 0.717) is 10.8 Å². The fourth-order valence-electron chi connectivity index (χ4n) is 1.63. The number of hydrogen-bond donors (Lipinski definition) is 2. The van der Waals surface area contributed by atoms with Crippen LogP contribution in [-0.4, -0.2) is 16.2 Å². The molecule has 0 fully saturated rings. The molecule has 0 radical (unpaired) electrons. The van der Waals surface area contributed by atoms with Crippen molar-refractivity contribution >= 4 is 16.7 Å². The fraction of sp³-hybridized carbons (Fsp3) is 0.0833. The van der Waals surface area contributed by atoms with Crippen LogP contribution >= 0.6 is 0 Å². The van der Waals surface area contributed by atoms with Gasteiger partial charge in [-0.3, -0.25) is 0 Å². The molecule has 0 bridgehead atoms. The number of hydrogen-bond acceptors (Lipinski definition) is 2. The SMILES string of the molecule is Cc1ccc2c(O)ccc(C(=O)O)c2c1. The highest BCUT2D eigenvalue weighted by molar-refractivity contribution is 6.05. The third kappa shape index (κ3) is 1.52. The Morgan fingerprint density at radius 2 is 1.87 bits per heavy atom. The van der Waals surface area contributed by atoms with E-state index in [2.05, 4.69) is 0 Å². The van der Waals surface area contributed by atoms with Gasteiger partial charge in [-0.15, -0.1) is 0 Å². The van der Waals surface area contributed by atoms with Crippen LogP contribution in [0.1, 0.15) is 15.9 Å². The number of phenols is 1. The molecular formula is C12H10O3. The van der Waals surface area contributed by atoms with E-state index in [4.69, 9.17) is 5.11 Å². The van der Waals surface area contributed by atoms with Gasteiger partial charge in [0.2, 0.25) is 0 Å². The molecule has 0 aromatic heterocycles. The Balaban J connectivity index is 2.90. The molecule has 0 aliphatic heterocycles. The Kier molecular flexibility index (Phi) is 2.08. The summed E-state index contributed by atoms with van der Waals surface area (Å²) in [7, 11) is 0. The van der Waals surface area contributed by atoms with Gasteiger partial charge in [-0.25, -0.2) is 4.79 Å². The maximum Gasteiger partial charge on any atom is 0.336 e. The number of carbonyl (C=O) groups is 1. The molecule has 0 aliphatic rings. The fourth-order valence-corrected chi connectivity index (χ4v) is 1.63. The van der Waals surface area contributed by atoms with Gasteiger partial charge in [0, 0.05) is 10.8 Å². The summed E-state index contributed by atoms with van der Waals surface area (Å²) in [5, 5.41) is 19.7. The molecule has 2 N–H and O–H groups in total. The van der Waals surface area contributed by atoms with Gasteiger partial charge < -0.3 is 10.2 Å². The quantitative estimate of drug-likeness (QED) is 0.747. The topological polar surface area (TPSA) is 57.5 Å². The predicted molar refractivity (Wildman–Crippen MR) is 57.3 cm³/mol. The second-order valence-electron chi connectivity index (χ2n) is 3.49. The van der Waals surface area contributed by atoms with Crippen LogP contribution in [0.3, 0.4) is 0 Å². The first kappa shape index (κ1) is 9.52. The van der Waals surface area contributed by atoms with Crippen molar-refractivity contribution in [3.63, 3.8) is 0 Å². The van der Waals surface area contributed by atoms with Gasteiger partial charge in [0.05, 0.1) is 5.56 Å². The average Bonchev–Trinajstić information content (AvgIpc) is 2.17. The van der Waals surface area contributed by atoms with E-state index in [-0.39, 0.29) is 11.3 Å². The summed E-state index contributed by atoms with van der Waals surface area (Å²) in [6.07, 6.45) is 0. The molecule has 0 spiro atoms. The minimum atomic E-state index is -0.981. The molecule has 0 saturated heterocycles. The van der Waals surface area contributed by atoms with Crippen molar-refractivity contribution in [1.29, 1.82) is 0 Å². The number of aryl methyl sites for hydroxylation is 1. The van der Waals surface area contributed by atoms with E-state index >= 15 is 0 Å². The standard InChI is InChI=1S/C12H10O3/c1-7-2-3-8-10(6-7)9(12(14)15)4-5-11(8)13/h2-6,13H,1H3,(H,14,15). The molecule has 2 aromatic carbocycles. The van der Waals surface area contributed by atoms with E-state index in [9.17, 15) is 9.90 Å². The van der Waals surface area contributed by atoms with E-state index < -0.39 is 5.97 Å². The lowest BCUT2D eigenvalue weighted by Gasteiger charge is -2.05. The molecule has 0 amide bonds. The van der Waals surface area contributed by atoms with Crippen molar-refractivity contribution < 1.29 is 15.0 Å². The van der Waals surface area contributed by atoms with Crippen molar-refractivity contribution in [1.82, 2.24) is 0 Å². The third-order valence-electron chi connectivity index (χ3n) is 2.38. The highest BCUT2D eigenvalue weighted by Crippen LogP contribution is 2.28. The Labute approximate surface area is 86.6 Å². The molecule has 0 atom stereocenters. The van der Waals surface area contributed by atoms with E-state index in [1.54, 1.807) is 12.1 Å². The highest BCUT2D eigenvalue weighted by Gasteiger charge is 2.10. The summed E-state index contributed by atoms with van der Waals surface area (Å²) in [5.41, 5.74) is 1.18. The normalized spacial score (nSPS) is 10.5. The first-order valence-electron chi connectivity index (χ1n) is 4.55. The highest BCUT2D eigenvalue weighted by atomic mass is 16.4. The average molecular weight is 202 g/mol. The lowest BCUT2D eigenvalue weighted by molar-refractivity contribution is 0.0699. The second kappa shape index (κ2) is 3.28. The molecule has 2 aromatic rings. The second-order valence-corrected chi connectivity index (χ2v) is 3.49. The summed E-state index contributed by atoms with van der Waals surface area (Å²) in [5.74, 6) is -0.874. The smallest absolute Gasteiger partial charge is 0.336 e. The maximum atomic E-state index is 11.0. The molecule has 3 nitrogen and oxygen atoms in total. The zero-order valence-electron chi connectivity index (χ0n) is 8.19. The van der Waals surface area contributed by atoms with Crippen LogP contribution in [0.5, 0.6) is 5.75 Å². The van der Waals surface area contributed by atoms with Crippen molar-refractivity contribution in [3.8, 4) is 5.75 Å². The number of benzene rings is 2. The summed E-state index contributed by atoms with van der Waals surface area (Å²) in [6, 6.07) is 8.15. The maximum absolute atomic E-state index is 11.0. The Hall–Kier alpha value is -2.03. The number of carboxylic acid groups (broad SMARTS) is 1. The minimum absolute atomic E-state index is 0.106. The molecule has 15 heavy (non-hydrogen) atoms. The van der Waals surface area contributed by atoms with Crippen LogP contribution in [0.25, 0.3) is 10.8 Å². The van der Waals surface area contributed by atoms with Gasteiger partial charge in [0.1, 0.15) is 5.75 Å². The third-order valence-corrected chi connectivity index (χ3v) is 2.38. The van der Waals surface area contributed by atoms with Gasteiger partial charge in [0.15, 0.2) is 0 Å². The Morgan fingerprint density at radius 1 is 1.13 bits per heavy atom. The minimum Gasteiger partial charge on any atom is -0.507 e. The van der Waals surface area contributed by atoms with Crippen LogP contribution in [0.4, 0.5) is 0 Å². The lowest BCUT2D eigenvalue weighted by atomic mass is 10.0. The number of aromatic hydroxyl groups is 1. The van der Waals surface area contributed by atoms with Crippen molar-refractivity contribution in [3.05, 3.63) is 41.5 Å². The Bertz CT molecular complexity index is 544. The molecule has 2 rings (SSSR count). The molecule has 0 aliphatic carbocycles. The first-order valence-corrected chi connectivity index (χ1v) is 4.55. The molecular weight excluding hydrogens is 192 g/mol. The van der Waals surface area contributed by atoms with E-state index in [0.717, 1.165) is 5.56 Å². The molecule has 0 heterocycles. The number of phenolic OH excluding ortho intramolecular Hbond substituents is 1. The lowest BCUT2D eigenvalue weighted by Crippen LogP contribution is -1.97. The summed E-state index contributed by atoms with van der Waals surface area (Å²) in [4.78, 5) is 11.0. The molecule has 0 saturated carbocycles. The largest absolute Gasteiger partial charge is 0.507 e. The van der Waals surface area contributed by atoms with Crippen LogP contribution in [0, 0.1) is 6.92 Å². The number of aromatic carboxylic acids is 1. The molecule has 0 unspecified atom stereocenters. The number of carboxylic acids is 1.